The van der Waals surface area contributed by atoms with E-state index in [1.165, 1.54) is 11.8 Å². The van der Waals surface area contributed by atoms with E-state index in [-0.39, 0.29) is 5.56 Å². The monoisotopic (exact) mass is 367 g/mol. The van der Waals surface area contributed by atoms with Gasteiger partial charge in [-0.2, -0.15) is 5.26 Å². The Balaban J connectivity index is 1.93. The lowest BCUT2D eigenvalue weighted by molar-refractivity contribution is 0.496. The number of thioether (sulfide) groups is 1. The lowest BCUT2D eigenvalue weighted by Crippen LogP contribution is -2.14. The molecule has 1 aromatic carbocycles. The Morgan fingerprint density at radius 2 is 1.96 bits per heavy atom. The molecule has 0 bridgehead atoms. The molecular weight excluding hydrogens is 350 g/mol. The van der Waals surface area contributed by atoms with Crippen LogP contribution in [-0.2, 0) is 6.42 Å². The minimum absolute atomic E-state index is 0.00445. The molecule has 0 aliphatic carbocycles. The zero-order chi connectivity index (χ0) is 18.5. The van der Waals surface area contributed by atoms with Crippen LogP contribution < -0.4 is 5.56 Å². The van der Waals surface area contributed by atoms with Crippen molar-refractivity contribution in [1.82, 2.24) is 20.2 Å². The number of rotatable bonds is 6. The van der Waals surface area contributed by atoms with E-state index in [9.17, 15) is 10.1 Å². The Hall–Kier alpha value is -2.92. The molecule has 7 nitrogen and oxygen atoms in total. The Bertz CT molecular complexity index is 1000. The molecular formula is C18H17N5O2S. The molecule has 2 aromatic heterocycles. The third-order valence-electron chi connectivity index (χ3n) is 3.82. The highest BCUT2D eigenvalue weighted by Crippen LogP contribution is 2.25. The van der Waals surface area contributed by atoms with E-state index in [1.807, 2.05) is 24.5 Å². The van der Waals surface area contributed by atoms with Crippen molar-refractivity contribution >= 4 is 11.8 Å². The van der Waals surface area contributed by atoms with Crippen LogP contribution in [0.15, 0.2) is 38.6 Å². The van der Waals surface area contributed by atoms with Crippen LogP contribution >= 0.6 is 11.8 Å². The highest BCUT2D eigenvalue weighted by atomic mass is 32.2. The largest absolute Gasteiger partial charge is 0.421 e. The zero-order valence-electron chi connectivity index (χ0n) is 14.4. The number of aromatic nitrogens is 4. The lowest BCUT2D eigenvalue weighted by atomic mass is 10.1. The molecule has 0 radical (unpaired) electrons. The molecule has 0 amide bonds. The number of nitrogens with zero attached hydrogens (tertiary/aromatic N) is 4. The van der Waals surface area contributed by atoms with E-state index in [1.54, 1.807) is 12.1 Å². The lowest BCUT2D eigenvalue weighted by Gasteiger charge is -2.05. The zero-order valence-corrected chi connectivity index (χ0v) is 15.3. The number of H-pyrrole nitrogens is 1. The Labute approximate surface area is 154 Å². The first kappa shape index (κ1) is 17.9. The smallest absolute Gasteiger partial charge is 0.270 e. The van der Waals surface area contributed by atoms with E-state index in [0.29, 0.717) is 28.2 Å². The van der Waals surface area contributed by atoms with Crippen LogP contribution in [0.3, 0.4) is 0 Å². The van der Waals surface area contributed by atoms with E-state index in [2.05, 4.69) is 27.1 Å². The van der Waals surface area contributed by atoms with Crippen molar-refractivity contribution in [2.24, 2.45) is 0 Å². The van der Waals surface area contributed by atoms with Crippen LogP contribution in [0.5, 0.6) is 0 Å². The summed E-state index contributed by atoms with van der Waals surface area (Å²) in [5.74, 6) is 1.07. The van der Waals surface area contributed by atoms with Gasteiger partial charge in [0.2, 0.25) is 11.8 Å². The number of unbranched alkanes of at least 4 members (excludes halogenated alkanes) is 1. The van der Waals surface area contributed by atoms with Crippen molar-refractivity contribution < 1.29 is 4.42 Å². The molecule has 0 aliphatic rings. The highest BCUT2D eigenvalue weighted by molar-refractivity contribution is 7.98. The topological polar surface area (TPSA) is 108 Å². The van der Waals surface area contributed by atoms with Gasteiger partial charge in [-0.05, 0) is 24.8 Å². The van der Waals surface area contributed by atoms with E-state index in [0.717, 1.165) is 24.8 Å². The van der Waals surface area contributed by atoms with Crippen molar-refractivity contribution in [1.29, 1.82) is 5.26 Å². The number of nitrogens with one attached hydrogen (secondary N) is 1. The molecule has 26 heavy (non-hydrogen) atoms. The molecule has 132 valence electrons. The Morgan fingerprint density at radius 1 is 1.23 bits per heavy atom. The number of benzene rings is 1. The number of aryl methyl sites for hydroxylation is 1. The number of aromatic amines is 1. The van der Waals surface area contributed by atoms with E-state index in [4.69, 9.17) is 4.42 Å². The van der Waals surface area contributed by atoms with Crippen molar-refractivity contribution in [2.75, 3.05) is 6.26 Å². The summed E-state index contributed by atoms with van der Waals surface area (Å²) in [7, 11) is 0. The van der Waals surface area contributed by atoms with Crippen LogP contribution in [0, 0.1) is 11.3 Å². The van der Waals surface area contributed by atoms with Gasteiger partial charge < -0.3 is 9.40 Å². The fourth-order valence-corrected chi connectivity index (χ4v) is 2.81. The summed E-state index contributed by atoms with van der Waals surface area (Å²) in [5, 5.41) is 17.9. The van der Waals surface area contributed by atoms with Crippen LogP contribution in [-0.4, -0.2) is 26.4 Å². The van der Waals surface area contributed by atoms with Gasteiger partial charge in [-0.3, -0.25) is 4.79 Å². The van der Waals surface area contributed by atoms with Crippen LogP contribution in [0.2, 0.25) is 0 Å². The fourth-order valence-electron chi connectivity index (χ4n) is 2.43. The first-order chi connectivity index (χ1) is 12.7. The predicted molar refractivity (Wildman–Crippen MR) is 98.7 cm³/mol. The minimum atomic E-state index is -0.441. The summed E-state index contributed by atoms with van der Waals surface area (Å²) >= 11 is 1.31. The normalized spacial score (nSPS) is 10.7. The first-order valence-electron chi connectivity index (χ1n) is 8.17. The van der Waals surface area contributed by atoms with Gasteiger partial charge in [0.15, 0.2) is 5.16 Å². The molecule has 0 saturated heterocycles. The quantitative estimate of drug-likeness (QED) is 0.525. The maximum absolute atomic E-state index is 12.0. The van der Waals surface area contributed by atoms with Crippen LogP contribution in [0.25, 0.3) is 22.7 Å². The second-order valence-electron chi connectivity index (χ2n) is 5.59. The van der Waals surface area contributed by atoms with Gasteiger partial charge >= 0.3 is 0 Å². The minimum Gasteiger partial charge on any atom is -0.421 e. The summed E-state index contributed by atoms with van der Waals surface area (Å²) in [6.07, 6.45) is 4.64. The highest BCUT2D eigenvalue weighted by Gasteiger charge is 2.14. The molecule has 3 aromatic rings. The van der Waals surface area contributed by atoms with Crippen molar-refractivity contribution in [3.05, 3.63) is 46.1 Å². The summed E-state index contributed by atoms with van der Waals surface area (Å²) in [5.41, 5.74) is 1.37. The number of nitriles is 1. The molecule has 0 unspecified atom stereocenters. The fraction of sp³-hybridized carbons (Fsp3) is 0.278. The van der Waals surface area contributed by atoms with Crippen LogP contribution in [0.4, 0.5) is 0 Å². The third-order valence-corrected chi connectivity index (χ3v) is 4.40. The maximum Gasteiger partial charge on any atom is 0.270 e. The van der Waals surface area contributed by atoms with E-state index >= 15 is 0 Å². The Morgan fingerprint density at radius 3 is 2.62 bits per heavy atom. The average molecular weight is 367 g/mol. The molecule has 0 aliphatic heterocycles. The van der Waals surface area contributed by atoms with Gasteiger partial charge in [0.05, 0.1) is 5.69 Å². The number of hydrogen-bond donors (Lipinski definition) is 1. The molecule has 0 spiro atoms. The van der Waals surface area contributed by atoms with Gasteiger partial charge in [-0.15, -0.1) is 10.2 Å². The standard InChI is InChI=1S/C18H17N5O2S/c1-3-4-5-14-22-23-17(25-14)12-8-6-11(7-9-12)15-13(10-19)16(24)21-18(20-15)26-2/h6-9H,3-5H2,1-2H3,(H,20,21,24). The molecule has 2 heterocycles. The predicted octanol–water partition coefficient (Wildman–Crippen LogP) is 3.42. The summed E-state index contributed by atoms with van der Waals surface area (Å²) < 4.78 is 5.67. The third kappa shape index (κ3) is 3.68. The molecule has 1 N–H and O–H groups in total. The second-order valence-corrected chi connectivity index (χ2v) is 6.39. The second kappa shape index (κ2) is 7.97. The van der Waals surface area contributed by atoms with Gasteiger partial charge in [0.1, 0.15) is 11.6 Å². The summed E-state index contributed by atoms with van der Waals surface area (Å²) in [6.45, 7) is 2.11. The average Bonchev–Trinajstić information content (AvgIpc) is 3.14. The Kier molecular flexibility index (Phi) is 5.49. The summed E-state index contributed by atoms with van der Waals surface area (Å²) in [6, 6.07) is 9.14. The maximum atomic E-state index is 12.0. The van der Waals surface area contributed by atoms with Gasteiger partial charge in [-0.25, -0.2) is 4.98 Å². The van der Waals surface area contributed by atoms with Crippen molar-refractivity contribution in [2.45, 2.75) is 31.3 Å². The summed E-state index contributed by atoms with van der Waals surface area (Å²) in [4.78, 5) is 19.0. The van der Waals surface area contributed by atoms with Crippen LogP contribution in [0.1, 0.15) is 31.2 Å². The molecule has 0 saturated carbocycles. The SMILES string of the molecule is CCCCc1nnc(-c2ccc(-c3nc(SC)[nH]c(=O)c3C#N)cc2)o1. The van der Waals surface area contributed by atoms with E-state index < -0.39 is 5.56 Å². The van der Waals surface area contributed by atoms with Crippen molar-refractivity contribution in [3.8, 4) is 28.8 Å². The first-order valence-corrected chi connectivity index (χ1v) is 9.40. The molecule has 0 fully saturated rings. The molecule has 8 heteroatoms. The van der Waals surface area contributed by atoms with Gasteiger partial charge in [-0.1, -0.05) is 37.2 Å². The van der Waals surface area contributed by atoms with Gasteiger partial charge in [0.25, 0.3) is 5.56 Å². The number of hydrogen-bond acceptors (Lipinski definition) is 7. The van der Waals surface area contributed by atoms with Crippen molar-refractivity contribution in [3.63, 3.8) is 0 Å². The molecule has 3 rings (SSSR count). The van der Waals surface area contributed by atoms with Gasteiger partial charge in [0, 0.05) is 17.5 Å². The molecule has 0 atom stereocenters.